The average Bonchev–Trinajstić information content (AvgIpc) is 3.33. The molecule has 8 nitrogen and oxygen atoms in total. The molecular weight excluding hydrogens is 470 g/mol. The van der Waals surface area contributed by atoms with E-state index in [-0.39, 0.29) is 36.6 Å². The first kappa shape index (κ1) is 25.9. The highest BCUT2D eigenvalue weighted by atomic mass is 19.1. The second-order valence-electron chi connectivity index (χ2n) is 8.77. The van der Waals surface area contributed by atoms with Crippen molar-refractivity contribution in [2.24, 2.45) is 5.10 Å². The van der Waals surface area contributed by atoms with Crippen LogP contribution in [0.15, 0.2) is 53.6 Å². The van der Waals surface area contributed by atoms with Crippen LogP contribution in [0.25, 0.3) is 0 Å². The molecule has 192 valence electrons. The monoisotopic (exact) mass is 500 g/mol. The van der Waals surface area contributed by atoms with Gasteiger partial charge in [-0.25, -0.2) is 13.8 Å². The number of morpholine rings is 1. The zero-order valence-electron chi connectivity index (χ0n) is 20.2. The molecule has 1 unspecified atom stereocenters. The van der Waals surface area contributed by atoms with Crippen LogP contribution in [0.2, 0.25) is 0 Å². The van der Waals surface area contributed by atoms with Crippen molar-refractivity contribution >= 4 is 17.5 Å². The fourth-order valence-corrected chi connectivity index (χ4v) is 4.33. The molecule has 1 saturated heterocycles. The SMILES string of the molecule is COCC(=O)N(CCN1CCOCC1)CC(=O)N1N=C(c2ccc(F)cc2)CC1c1ccc(F)cc1. The third-order valence-corrected chi connectivity index (χ3v) is 6.33. The third kappa shape index (κ3) is 6.51. The van der Waals surface area contributed by atoms with Crippen LogP contribution in [-0.2, 0) is 19.1 Å². The zero-order chi connectivity index (χ0) is 25.5. The second kappa shape index (κ2) is 12.2. The van der Waals surface area contributed by atoms with Crippen LogP contribution in [0.3, 0.4) is 0 Å². The fraction of sp³-hybridized carbons (Fsp3) is 0.423. The number of methoxy groups -OCH3 is 1. The summed E-state index contributed by atoms with van der Waals surface area (Å²) in [5, 5.41) is 5.92. The highest BCUT2D eigenvalue weighted by molar-refractivity contribution is 6.03. The molecule has 4 rings (SSSR count). The summed E-state index contributed by atoms with van der Waals surface area (Å²) in [6.07, 6.45) is 0.378. The van der Waals surface area contributed by atoms with Gasteiger partial charge >= 0.3 is 0 Å². The first-order valence-corrected chi connectivity index (χ1v) is 11.9. The molecule has 0 N–H and O–H groups in total. The van der Waals surface area contributed by atoms with Crippen LogP contribution >= 0.6 is 0 Å². The highest BCUT2D eigenvalue weighted by Gasteiger charge is 2.34. The van der Waals surface area contributed by atoms with Gasteiger partial charge in [0.25, 0.3) is 5.91 Å². The summed E-state index contributed by atoms with van der Waals surface area (Å²) in [4.78, 5) is 29.9. The van der Waals surface area contributed by atoms with E-state index in [1.807, 2.05) is 0 Å². The number of hydrogen-bond acceptors (Lipinski definition) is 6. The Balaban J connectivity index is 1.54. The van der Waals surface area contributed by atoms with Gasteiger partial charge in [-0.15, -0.1) is 0 Å². The molecule has 2 aliphatic rings. The number of nitrogens with zero attached hydrogens (tertiary/aromatic N) is 4. The third-order valence-electron chi connectivity index (χ3n) is 6.33. The maximum atomic E-state index is 13.6. The highest BCUT2D eigenvalue weighted by Crippen LogP contribution is 2.33. The zero-order valence-corrected chi connectivity index (χ0v) is 20.2. The molecule has 0 bridgehead atoms. The summed E-state index contributed by atoms with van der Waals surface area (Å²) < 4.78 is 37.4. The van der Waals surface area contributed by atoms with Gasteiger partial charge < -0.3 is 14.4 Å². The topological polar surface area (TPSA) is 74.7 Å². The van der Waals surface area contributed by atoms with Gasteiger partial charge in [0.1, 0.15) is 24.8 Å². The quantitative estimate of drug-likeness (QED) is 0.529. The van der Waals surface area contributed by atoms with Gasteiger partial charge in [0.15, 0.2) is 0 Å². The lowest BCUT2D eigenvalue weighted by Gasteiger charge is -2.31. The van der Waals surface area contributed by atoms with Gasteiger partial charge in [0.2, 0.25) is 5.91 Å². The number of carbonyl (C=O) groups excluding carboxylic acids is 2. The summed E-state index contributed by atoms with van der Waals surface area (Å²) in [5.74, 6) is -1.41. The molecule has 2 aliphatic heterocycles. The number of hydrazone groups is 1. The van der Waals surface area contributed by atoms with Crippen LogP contribution in [0.1, 0.15) is 23.6 Å². The van der Waals surface area contributed by atoms with Crippen molar-refractivity contribution in [1.82, 2.24) is 14.8 Å². The summed E-state index contributed by atoms with van der Waals surface area (Å²) >= 11 is 0. The molecule has 1 atom stereocenters. The standard InChI is InChI=1S/C26H30F2N4O4/c1-35-18-26(34)31(11-10-30-12-14-36-15-13-30)17-25(33)32-24(20-4-8-22(28)9-5-20)16-23(29-32)19-2-6-21(27)7-3-19/h2-9,24H,10-18H2,1H3. The normalized spacial score (nSPS) is 18.2. The van der Waals surface area contributed by atoms with Gasteiger partial charge in [-0.05, 0) is 35.4 Å². The fourth-order valence-electron chi connectivity index (χ4n) is 4.33. The Hall–Kier alpha value is -3.21. The summed E-state index contributed by atoms with van der Waals surface area (Å²) in [6, 6.07) is 11.3. The van der Waals surface area contributed by atoms with E-state index in [0.29, 0.717) is 49.6 Å². The van der Waals surface area contributed by atoms with Crippen LogP contribution in [-0.4, -0.2) is 92.0 Å². The summed E-state index contributed by atoms with van der Waals surface area (Å²) in [7, 11) is 1.43. The molecule has 0 aliphatic carbocycles. The van der Waals surface area contributed by atoms with Crippen molar-refractivity contribution in [3.05, 3.63) is 71.3 Å². The van der Waals surface area contributed by atoms with E-state index in [0.717, 1.165) is 13.1 Å². The van der Waals surface area contributed by atoms with Crippen LogP contribution in [0.5, 0.6) is 0 Å². The first-order chi connectivity index (χ1) is 17.4. The Morgan fingerprint density at radius 2 is 1.69 bits per heavy atom. The van der Waals surface area contributed by atoms with Gasteiger partial charge in [-0.1, -0.05) is 24.3 Å². The number of rotatable bonds is 9. The number of hydrogen-bond donors (Lipinski definition) is 0. The van der Waals surface area contributed by atoms with E-state index in [2.05, 4.69) is 10.0 Å². The van der Waals surface area contributed by atoms with E-state index in [4.69, 9.17) is 9.47 Å². The molecule has 0 saturated carbocycles. The molecule has 1 fully saturated rings. The van der Waals surface area contributed by atoms with Crippen LogP contribution in [0, 0.1) is 11.6 Å². The van der Waals surface area contributed by atoms with Crippen LogP contribution < -0.4 is 0 Å². The maximum Gasteiger partial charge on any atom is 0.262 e. The van der Waals surface area contributed by atoms with Crippen molar-refractivity contribution in [2.45, 2.75) is 12.5 Å². The minimum atomic E-state index is -0.475. The lowest BCUT2D eigenvalue weighted by atomic mass is 9.98. The predicted molar refractivity (Wildman–Crippen MR) is 129 cm³/mol. The average molecular weight is 501 g/mol. The maximum absolute atomic E-state index is 13.6. The lowest BCUT2D eigenvalue weighted by Crippen LogP contribution is -2.47. The van der Waals surface area contributed by atoms with E-state index >= 15 is 0 Å². The molecule has 2 amide bonds. The van der Waals surface area contributed by atoms with Gasteiger partial charge in [-0.2, -0.15) is 5.10 Å². The number of ether oxygens (including phenoxy) is 2. The Morgan fingerprint density at radius 3 is 2.33 bits per heavy atom. The molecule has 36 heavy (non-hydrogen) atoms. The molecule has 2 heterocycles. The molecular formula is C26H30F2N4O4. The molecule has 10 heteroatoms. The van der Waals surface area contributed by atoms with Gasteiger partial charge in [-0.3, -0.25) is 14.5 Å². The van der Waals surface area contributed by atoms with Crippen molar-refractivity contribution in [1.29, 1.82) is 0 Å². The van der Waals surface area contributed by atoms with Crippen LogP contribution in [0.4, 0.5) is 8.78 Å². The molecule has 0 radical (unpaired) electrons. The lowest BCUT2D eigenvalue weighted by molar-refractivity contribution is -0.143. The Morgan fingerprint density at radius 1 is 1.06 bits per heavy atom. The molecule has 0 spiro atoms. The molecule has 2 aromatic rings. The van der Waals surface area contributed by atoms with E-state index in [9.17, 15) is 18.4 Å². The minimum absolute atomic E-state index is 0.137. The Bertz CT molecular complexity index is 1070. The second-order valence-corrected chi connectivity index (χ2v) is 8.77. The van der Waals surface area contributed by atoms with Crippen molar-refractivity contribution in [3.8, 4) is 0 Å². The number of amides is 2. The minimum Gasteiger partial charge on any atom is -0.379 e. The Kier molecular flexibility index (Phi) is 8.74. The largest absolute Gasteiger partial charge is 0.379 e. The van der Waals surface area contributed by atoms with Gasteiger partial charge in [0.05, 0.1) is 25.0 Å². The molecule has 0 aromatic heterocycles. The van der Waals surface area contributed by atoms with E-state index < -0.39 is 6.04 Å². The van der Waals surface area contributed by atoms with Crippen molar-refractivity contribution in [3.63, 3.8) is 0 Å². The molecule has 2 aromatic carbocycles. The summed E-state index contributed by atoms with van der Waals surface area (Å²) in [6.45, 7) is 3.47. The predicted octanol–water partition coefficient (Wildman–Crippen LogP) is 2.45. The van der Waals surface area contributed by atoms with E-state index in [1.54, 1.807) is 24.3 Å². The van der Waals surface area contributed by atoms with Crippen molar-refractivity contribution < 1.29 is 27.8 Å². The first-order valence-electron chi connectivity index (χ1n) is 11.9. The number of halogens is 2. The van der Waals surface area contributed by atoms with E-state index in [1.165, 1.54) is 41.3 Å². The Labute approximate surface area is 209 Å². The summed E-state index contributed by atoms with van der Waals surface area (Å²) in [5.41, 5.74) is 2.02. The smallest absolute Gasteiger partial charge is 0.262 e. The number of benzene rings is 2. The van der Waals surface area contributed by atoms with Gasteiger partial charge in [0, 0.05) is 39.7 Å². The van der Waals surface area contributed by atoms with Crippen molar-refractivity contribution in [2.75, 3.05) is 59.7 Å². The number of carbonyl (C=O) groups is 2.